The van der Waals surface area contributed by atoms with Gasteiger partial charge in [-0.1, -0.05) is 45.3 Å². The highest BCUT2D eigenvalue weighted by atomic mass is 32.1. The van der Waals surface area contributed by atoms with Crippen molar-refractivity contribution in [2.45, 2.75) is 76.9 Å². The first kappa shape index (κ1) is 18.1. The van der Waals surface area contributed by atoms with E-state index < -0.39 is 14.2 Å². The summed E-state index contributed by atoms with van der Waals surface area (Å²) < 4.78 is 5.92. The van der Waals surface area contributed by atoms with Crippen molar-refractivity contribution in [2.75, 3.05) is 0 Å². The molecule has 3 fully saturated rings. The number of rotatable bonds is 4. The monoisotopic (exact) mass is 367 g/mol. The van der Waals surface area contributed by atoms with Crippen LogP contribution in [0.2, 0.25) is 19.6 Å². The second kappa shape index (κ2) is 5.64. The van der Waals surface area contributed by atoms with Crippen LogP contribution in [0.1, 0.15) is 39.5 Å². The molecule has 4 nitrogen and oxygen atoms in total. The molecule has 4 atom stereocenters. The van der Waals surface area contributed by atoms with E-state index in [9.17, 15) is 9.90 Å². The average molecular weight is 368 g/mol. The molecule has 3 aliphatic rings. The van der Waals surface area contributed by atoms with E-state index in [0.29, 0.717) is 11.1 Å². The molecule has 0 aromatic rings. The third-order valence-corrected chi connectivity index (χ3v) is 7.79. The fourth-order valence-corrected chi connectivity index (χ4v) is 6.14. The van der Waals surface area contributed by atoms with E-state index in [4.69, 9.17) is 17.0 Å². The van der Waals surface area contributed by atoms with E-state index in [1.54, 1.807) is 11.0 Å². The van der Waals surface area contributed by atoms with E-state index in [2.05, 4.69) is 39.2 Å². The van der Waals surface area contributed by atoms with Crippen LogP contribution < -0.4 is 0 Å². The van der Waals surface area contributed by atoms with Gasteiger partial charge >= 0.3 is 0 Å². The van der Waals surface area contributed by atoms with Crippen molar-refractivity contribution in [2.24, 2.45) is 11.3 Å². The summed E-state index contributed by atoms with van der Waals surface area (Å²) in [6, 6.07) is 0. The molecule has 24 heavy (non-hydrogen) atoms. The van der Waals surface area contributed by atoms with Gasteiger partial charge < -0.3 is 9.84 Å². The SMILES string of the molecule is CC1(C)[C@@H]2CC[C@@]13[C@@H](C2)OC(=S)N3C(=O)C[C@@H](O)/C=C/[Si](C)(C)C. The molecular formula is C18H29NO3SSi. The Morgan fingerprint density at radius 3 is 2.75 bits per heavy atom. The Kier molecular flexibility index (Phi) is 4.25. The molecule has 1 spiro atoms. The van der Waals surface area contributed by atoms with Gasteiger partial charge in [-0.2, -0.15) is 0 Å². The van der Waals surface area contributed by atoms with Gasteiger partial charge in [0, 0.05) is 0 Å². The standard InChI is InChI=1S/C18H29NO3SSi/c1-17(2)12-6-8-18(17)14(10-12)22-16(23)19(18)15(21)11-13(20)7-9-24(3,4)5/h7,9,12-14,20H,6,8,10-11H2,1-5H3/b9-7+/t12-,13+,14-,18-/m1/s1. The predicted molar refractivity (Wildman–Crippen MR) is 101 cm³/mol. The Balaban J connectivity index is 1.79. The van der Waals surface area contributed by atoms with E-state index >= 15 is 0 Å². The van der Waals surface area contributed by atoms with Crippen molar-refractivity contribution in [3.63, 3.8) is 0 Å². The maximum absolute atomic E-state index is 13.0. The average Bonchev–Trinajstić information content (AvgIpc) is 2.95. The first-order valence-electron chi connectivity index (χ1n) is 8.90. The summed E-state index contributed by atoms with van der Waals surface area (Å²) in [6.07, 6.45) is 4.16. The molecular weight excluding hydrogens is 338 g/mol. The number of amides is 1. The van der Waals surface area contributed by atoms with Crippen molar-refractivity contribution in [3.05, 3.63) is 11.8 Å². The van der Waals surface area contributed by atoms with Gasteiger partial charge in [0.25, 0.3) is 5.17 Å². The first-order chi connectivity index (χ1) is 11.0. The Morgan fingerprint density at radius 1 is 1.50 bits per heavy atom. The highest BCUT2D eigenvalue weighted by Crippen LogP contribution is 2.65. The number of thiocarbonyl (C=S) groups is 1. The molecule has 0 radical (unpaired) electrons. The molecule has 1 N–H and O–H groups in total. The lowest BCUT2D eigenvalue weighted by Crippen LogP contribution is -2.57. The number of nitrogens with zero attached hydrogens (tertiary/aromatic N) is 1. The topological polar surface area (TPSA) is 49.8 Å². The van der Waals surface area contributed by atoms with E-state index in [1.165, 1.54) is 0 Å². The van der Waals surface area contributed by atoms with E-state index in [-0.39, 0.29) is 29.4 Å². The summed E-state index contributed by atoms with van der Waals surface area (Å²) in [5.74, 6) is 0.475. The van der Waals surface area contributed by atoms with Crippen LogP contribution >= 0.6 is 12.2 Å². The fourth-order valence-electron chi connectivity index (χ4n) is 4.96. The van der Waals surface area contributed by atoms with Crippen LogP contribution in [-0.4, -0.2) is 46.9 Å². The van der Waals surface area contributed by atoms with Crippen molar-refractivity contribution < 1.29 is 14.6 Å². The number of carbonyl (C=O) groups is 1. The molecule has 1 saturated heterocycles. The zero-order valence-corrected chi connectivity index (χ0v) is 17.2. The lowest BCUT2D eigenvalue weighted by Gasteiger charge is -2.42. The minimum Gasteiger partial charge on any atom is -0.465 e. The molecule has 0 unspecified atom stereocenters. The van der Waals surface area contributed by atoms with Crippen LogP contribution in [0.5, 0.6) is 0 Å². The highest BCUT2D eigenvalue weighted by Gasteiger charge is 2.72. The van der Waals surface area contributed by atoms with Gasteiger partial charge in [0.15, 0.2) is 0 Å². The maximum atomic E-state index is 13.0. The molecule has 2 bridgehead atoms. The number of hydrogen-bond donors (Lipinski definition) is 1. The van der Waals surface area contributed by atoms with Gasteiger partial charge in [-0.3, -0.25) is 9.69 Å². The highest BCUT2D eigenvalue weighted by molar-refractivity contribution is 7.80. The Hall–Kier alpha value is -0.723. The molecule has 1 aliphatic heterocycles. The summed E-state index contributed by atoms with van der Waals surface area (Å²) in [6.45, 7) is 11.1. The summed E-state index contributed by atoms with van der Waals surface area (Å²) in [7, 11) is -1.39. The summed E-state index contributed by atoms with van der Waals surface area (Å²) >= 11 is 5.40. The van der Waals surface area contributed by atoms with Crippen LogP contribution in [0.3, 0.4) is 0 Å². The molecule has 6 heteroatoms. The molecule has 0 aromatic heterocycles. The third-order valence-electron chi connectivity index (χ3n) is 6.32. The van der Waals surface area contributed by atoms with Gasteiger partial charge in [-0.25, -0.2) is 0 Å². The quantitative estimate of drug-likeness (QED) is 0.612. The number of fused-ring (bicyclic) bond motifs is 1. The number of aliphatic hydroxyl groups is 1. The minimum absolute atomic E-state index is 0.00695. The van der Waals surface area contributed by atoms with Crippen molar-refractivity contribution in [1.29, 1.82) is 0 Å². The first-order valence-corrected chi connectivity index (χ1v) is 12.9. The number of hydrogen-bond acceptors (Lipinski definition) is 4. The van der Waals surface area contributed by atoms with Crippen LogP contribution in [0.4, 0.5) is 0 Å². The van der Waals surface area contributed by atoms with Crippen LogP contribution in [-0.2, 0) is 9.53 Å². The zero-order chi connectivity index (χ0) is 17.9. The van der Waals surface area contributed by atoms with Crippen LogP contribution in [0.25, 0.3) is 0 Å². The Labute approximate surface area is 151 Å². The van der Waals surface area contributed by atoms with Crippen LogP contribution in [0.15, 0.2) is 11.8 Å². The molecule has 1 amide bonds. The molecule has 0 aromatic carbocycles. The Bertz CT molecular complexity index is 598. The Morgan fingerprint density at radius 2 is 2.17 bits per heavy atom. The normalized spacial score (nSPS) is 35.4. The molecule has 2 aliphatic carbocycles. The second-order valence-electron chi connectivity index (χ2n) is 9.22. The van der Waals surface area contributed by atoms with E-state index in [1.807, 2.05) is 0 Å². The predicted octanol–water partition coefficient (Wildman–Crippen LogP) is 3.26. The van der Waals surface area contributed by atoms with Crippen molar-refractivity contribution in [3.8, 4) is 0 Å². The van der Waals surface area contributed by atoms with Crippen LogP contribution in [0, 0.1) is 11.3 Å². The number of aliphatic hydroxyl groups excluding tert-OH is 1. The lowest BCUT2D eigenvalue weighted by atomic mass is 9.74. The fraction of sp³-hybridized carbons (Fsp3) is 0.778. The van der Waals surface area contributed by atoms with Gasteiger partial charge in [0.2, 0.25) is 5.91 Å². The summed E-state index contributed by atoms with van der Waals surface area (Å²) in [5, 5.41) is 10.6. The van der Waals surface area contributed by atoms with Crippen molar-refractivity contribution in [1.82, 2.24) is 4.90 Å². The molecule has 3 rings (SSSR count). The lowest BCUT2D eigenvalue weighted by molar-refractivity contribution is -0.135. The smallest absolute Gasteiger partial charge is 0.267 e. The van der Waals surface area contributed by atoms with Gasteiger partial charge in [-0.15, -0.1) is 0 Å². The van der Waals surface area contributed by atoms with Gasteiger partial charge in [0.05, 0.1) is 26.1 Å². The van der Waals surface area contributed by atoms with Crippen molar-refractivity contribution >= 4 is 31.4 Å². The second-order valence-corrected chi connectivity index (χ2v) is 14.6. The molecule has 134 valence electrons. The zero-order valence-electron chi connectivity index (χ0n) is 15.3. The van der Waals surface area contributed by atoms with Gasteiger partial charge in [-0.05, 0) is 42.8 Å². The van der Waals surface area contributed by atoms with Gasteiger partial charge in [0.1, 0.15) is 6.10 Å². The number of ether oxygens (including phenoxy) is 1. The maximum Gasteiger partial charge on any atom is 0.267 e. The molecule has 1 heterocycles. The third kappa shape index (κ3) is 2.58. The summed E-state index contributed by atoms with van der Waals surface area (Å²) in [4.78, 5) is 14.7. The minimum atomic E-state index is -1.39. The molecule has 2 saturated carbocycles. The summed E-state index contributed by atoms with van der Waals surface area (Å²) in [5.41, 5.74) is 1.77. The van der Waals surface area contributed by atoms with E-state index in [0.717, 1.165) is 19.3 Å². The number of carbonyl (C=O) groups excluding carboxylic acids is 1. The largest absolute Gasteiger partial charge is 0.465 e.